The quantitative estimate of drug-likeness (QED) is 0.542. The van der Waals surface area contributed by atoms with Gasteiger partial charge in [0.15, 0.2) is 5.96 Å². The summed E-state index contributed by atoms with van der Waals surface area (Å²) in [5, 5.41) is 20.0. The Morgan fingerprint density at radius 2 is 2.07 bits per heavy atom. The van der Waals surface area contributed by atoms with Crippen LogP contribution in [0.3, 0.4) is 0 Å². The van der Waals surface area contributed by atoms with Gasteiger partial charge in [0, 0.05) is 26.0 Å². The zero-order valence-corrected chi connectivity index (χ0v) is 15.4. The van der Waals surface area contributed by atoms with Crippen molar-refractivity contribution in [1.29, 1.82) is 5.26 Å². The number of rotatable bonds is 5. The van der Waals surface area contributed by atoms with E-state index in [2.05, 4.69) is 45.9 Å². The molecule has 0 radical (unpaired) electrons. The second-order valence-electron chi connectivity index (χ2n) is 6.15. The molecule has 0 saturated heterocycles. The van der Waals surface area contributed by atoms with Gasteiger partial charge in [-0.1, -0.05) is 24.3 Å². The van der Waals surface area contributed by atoms with E-state index in [-0.39, 0.29) is 6.04 Å². The Morgan fingerprint density at radius 1 is 1.22 bits per heavy atom. The Labute approximate surface area is 159 Å². The highest BCUT2D eigenvalue weighted by molar-refractivity contribution is 5.80. The van der Waals surface area contributed by atoms with Crippen molar-refractivity contribution >= 4 is 5.96 Å². The van der Waals surface area contributed by atoms with E-state index in [0.717, 1.165) is 16.8 Å². The van der Waals surface area contributed by atoms with Crippen LogP contribution in [0.5, 0.6) is 0 Å². The summed E-state index contributed by atoms with van der Waals surface area (Å²) >= 11 is 0. The number of aliphatic imine (C=N–C) groups is 1. The zero-order chi connectivity index (χ0) is 19.1. The summed E-state index contributed by atoms with van der Waals surface area (Å²) in [5.41, 5.74) is 3.84. The summed E-state index contributed by atoms with van der Waals surface area (Å²) in [7, 11) is 1.74. The van der Waals surface area contributed by atoms with Gasteiger partial charge in [-0.25, -0.2) is 4.68 Å². The van der Waals surface area contributed by atoms with Crippen LogP contribution in [-0.4, -0.2) is 22.8 Å². The summed E-state index contributed by atoms with van der Waals surface area (Å²) in [5.74, 6) is 0.703. The van der Waals surface area contributed by atoms with E-state index in [9.17, 15) is 0 Å². The molecule has 0 saturated carbocycles. The monoisotopic (exact) mass is 358 g/mol. The van der Waals surface area contributed by atoms with Gasteiger partial charge in [0.25, 0.3) is 0 Å². The molecule has 1 heterocycles. The molecule has 2 aromatic carbocycles. The first-order valence-electron chi connectivity index (χ1n) is 8.76. The van der Waals surface area contributed by atoms with Crippen LogP contribution in [0.15, 0.2) is 72.0 Å². The lowest BCUT2D eigenvalue weighted by Crippen LogP contribution is -2.38. The molecule has 27 heavy (non-hydrogen) atoms. The van der Waals surface area contributed by atoms with Crippen LogP contribution in [-0.2, 0) is 6.54 Å². The number of guanidine groups is 1. The molecular formula is C21H22N6. The maximum Gasteiger partial charge on any atom is 0.191 e. The molecule has 1 unspecified atom stereocenters. The van der Waals surface area contributed by atoms with E-state index in [4.69, 9.17) is 5.26 Å². The molecule has 0 aliphatic heterocycles. The Morgan fingerprint density at radius 3 is 2.81 bits per heavy atom. The third-order valence-corrected chi connectivity index (χ3v) is 4.23. The normalized spacial score (nSPS) is 12.3. The Hall–Kier alpha value is -3.59. The molecule has 136 valence electrons. The van der Waals surface area contributed by atoms with Gasteiger partial charge in [-0.15, -0.1) is 0 Å². The summed E-state index contributed by atoms with van der Waals surface area (Å²) in [6.07, 6.45) is 3.69. The number of hydrogen-bond acceptors (Lipinski definition) is 3. The van der Waals surface area contributed by atoms with Crippen molar-refractivity contribution < 1.29 is 0 Å². The highest BCUT2D eigenvalue weighted by Crippen LogP contribution is 2.16. The average molecular weight is 358 g/mol. The van der Waals surface area contributed by atoms with Gasteiger partial charge in [-0.3, -0.25) is 4.99 Å². The standard InChI is InChI=1S/C21H22N6/c1-16(19-8-4-9-20(13-19)27-11-5-10-25-27)26-21(23-2)24-15-18-7-3-6-17(12-18)14-22/h3-13,16H,15H2,1-2H3,(H2,23,24,26). The molecule has 0 amide bonds. The molecule has 3 aromatic rings. The molecule has 3 rings (SSSR count). The number of aromatic nitrogens is 2. The summed E-state index contributed by atoms with van der Waals surface area (Å²) < 4.78 is 1.84. The molecule has 6 nitrogen and oxygen atoms in total. The van der Waals surface area contributed by atoms with Gasteiger partial charge in [0.1, 0.15) is 0 Å². The number of nitrogens with one attached hydrogen (secondary N) is 2. The van der Waals surface area contributed by atoms with Crippen LogP contribution in [0.25, 0.3) is 5.69 Å². The van der Waals surface area contributed by atoms with E-state index < -0.39 is 0 Å². The van der Waals surface area contributed by atoms with E-state index >= 15 is 0 Å². The number of benzene rings is 2. The first-order valence-corrected chi connectivity index (χ1v) is 8.76. The Bertz CT molecular complexity index is 953. The van der Waals surface area contributed by atoms with Gasteiger partial charge >= 0.3 is 0 Å². The third kappa shape index (κ3) is 4.73. The van der Waals surface area contributed by atoms with Crippen LogP contribution < -0.4 is 10.6 Å². The second-order valence-corrected chi connectivity index (χ2v) is 6.15. The number of nitrogens with zero attached hydrogens (tertiary/aromatic N) is 4. The smallest absolute Gasteiger partial charge is 0.191 e. The molecule has 2 N–H and O–H groups in total. The molecule has 0 bridgehead atoms. The fourth-order valence-corrected chi connectivity index (χ4v) is 2.78. The van der Waals surface area contributed by atoms with Gasteiger partial charge in [0.2, 0.25) is 0 Å². The fraction of sp³-hybridized carbons (Fsp3) is 0.190. The largest absolute Gasteiger partial charge is 0.352 e. The van der Waals surface area contributed by atoms with Crippen molar-refractivity contribution in [2.45, 2.75) is 19.5 Å². The van der Waals surface area contributed by atoms with Crippen LogP contribution in [0.4, 0.5) is 0 Å². The number of hydrogen-bond donors (Lipinski definition) is 2. The molecule has 0 aliphatic rings. The summed E-state index contributed by atoms with van der Waals surface area (Å²) in [4.78, 5) is 4.30. The Balaban J connectivity index is 1.64. The maximum absolute atomic E-state index is 9.01. The van der Waals surface area contributed by atoms with E-state index in [0.29, 0.717) is 18.1 Å². The highest BCUT2D eigenvalue weighted by Gasteiger charge is 2.09. The van der Waals surface area contributed by atoms with Gasteiger partial charge in [-0.05, 0) is 48.4 Å². The second kappa shape index (κ2) is 8.68. The highest BCUT2D eigenvalue weighted by atomic mass is 15.3. The average Bonchev–Trinajstić information content (AvgIpc) is 3.26. The summed E-state index contributed by atoms with van der Waals surface area (Å²) in [6, 6.07) is 19.9. The molecule has 1 aromatic heterocycles. The van der Waals surface area contributed by atoms with Crippen LogP contribution in [0.1, 0.15) is 29.7 Å². The molecule has 0 fully saturated rings. The predicted molar refractivity (Wildman–Crippen MR) is 106 cm³/mol. The minimum Gasteiger partial charge on any atom is -0.352 e. The molecule has 0 spiro atoms. The molecule has 6 heteroatoms. The van der Waals surface area contributed by atoms with Crippen molar-refractivity contribution in [1.82, 2.24) is 20.4 Å². The van der Waals surface area contributed by atoms with Crippen LogP contribution in [0, 0.1) is 11.3 Å². The lowest BCUT2D eigenvalue weighted by molar-refractivity contribution is 0.684. The first kappa shape index (κ1) is 18.2. The summed E-state index contributed by atoms with van der Waals surface area (Å²) in [6.45, 7) is 2.68. The SMILES string of the molecule is CN=C(NCc1cccc(C#N)c1)NC(C)c1cccc(-n2cccn2)c1. The van der Waals surface area contributed by atoms with Crippen molar-refractivity contribution in [2.75, 3.05) is 7.05 Å². The first-order chi connectivity index (χ1) is 13.2. The maximum atomic E-state index is 9.01. The van der Waals surface area contributed by atoms with E-state index in [1.54, 1.807) is 19.3 Å². The minimum atomic E-state index is 0.0668. The van der Waals surface area contributed by atoms with E-state index in [1.165, 1.54) is 0 Å². The van der Waals surface area contributed by atoms with Gasteiger partial charge < -0.3 is 10.6 Å². The van der Waals surface area contributed by atoms with E-state index in [1.807, 2.05) is 47.3 Å². The lowest BCUT2D eigenvalue weighted by Gasteiger charge is -2.19. The van der Waals surface area contributed by atoms with Crippen LogP contribution in [0.2, 0.25) is 0 Å². The topological polar surface area (TPSA) is 78.0 Å². The van der Waals surface area contributed by atoms with Gasteiger partial charge in [0.05, 0.1) is 23.4 Å². The van der Waals surface area contributed by atoms with Gasteiger partial charge in [-0.2, -0.15) is 10.4 Å². The molecular weight excluding hydrogens is 336 g/mol. The van der Waals surface area contributed by atoms with Crippen LogP contribution >= 0.6 is 0 Å². The fourth-order valence-electron chi connectivity index (χ4n) is 2.78. The van der Waals surface area contributed by atoms with Crippen molar-refractivity contribution in [2.24, 2.45) is 4.99 Å². The Kier molecular flexibility index (Phi) is 5.85. The minimum absolute atomic E-state index is 0.0668. The predicted octanol–water partition coefficient (Wildman–Crippen LogP) is 3.17. The number of nitriles is 1. The van der Waals surface area contributed by atoms with Crippen molar-refractivity contribution in [3.05, 3.63) is 83.7 Å². The van der Waals surface area contributed by atoms with Crippen molar-refractivity contribution in [3.8, 4) is 11.8 Å². The zero-order valence-electron chi connectivity index (χ0n) is 15.4. The molecule has 1 atom stereocenters. The third-order valence-electron chi connectivity index (χ3n) is 4.23. The molecule has 0 aliphatic carbocycles. The van der Waals surface area contributed by atoms with Crippen molar-refractivity contribution in [3.63, 3.8) is 0 Å². The lowest BCUT2D eigenvalue weighted by atomic mass is 10.1.